The molecule has 0 N–H and O–H groups in total. The highest BCUT2D eigenvalue weighted by Gasteiger charge is 2.43. The molecule has 13 aromatic carbocycles. The Labute approximate surface area is 636 Å². The summed E-state index contributed by atoms with van der Waals surface area (Å²) in [5.41, 5.74) is 34.9. The predicted octanol–water partition coefficient (Wildman–Crippen LogP) is 31.5. The average molecular weight is 1390 g/mol. The SMILES string of the molecule is CC(C)c1ccc(-c2ccc(-c3ccc4c(c3)C(C)(C)c3ccccc3-4)c3ccccc23)cc1.CC(C)c1ccc(-c2ccc(-c3ccc4c(c3)C(C)(C)c3ccccc3-4)cc2)c2ccccc12.CCCCCCCCC1(CCCCCCCC)c2cc(-c3ccccc3)ccc2-c2ccc(C(C)C)cc21. The van der Waals surface area contributed by atoms with Gasteiger partial charge in [-0.05, 0) is 209 Å². The lowest BCUT2D eigenvalue weighted by Crippen LogP contribution is -2.26. The number of hydrogen-bond acceptors (Lipinski definition) is 0. The number of hydrogen-bond donors (Lipinski definition) is 0. The molecule has 0 saturated heterocycles. The van der Waals surface area contributed by atoms with Gasteiger partial charge in [-0.25, -0.2) is 0 Å². The van der Waals surface area contributed by atoms with Crippen LogP contribution in [0, 0.1) is 0 Å². The zero-order valence-electron chi connectivity index (χ0n) is 65.6. The Kier molecular flexibility index (Phi) is 22.0. The molecule has 0 radical (unpaired) electrons. The molecule has 0 aliphatic heterocycles. The Morgan fingerprint density at radius 3 is 1.07 bits per heavy atom. The molecule has 3 aliphatic carbocycles. The fourth-order valence-electron chi connectivity index (χ4n) is 18.3. The Balaban J connectivity index is 0.000000134. The van der Waals surface area contributed by atoms with Crippen molar-refractivity contribution < 1.29 is 0 Å². The second-order valence-corrected chi connectivity index (χ2v) is 33.0. The first kappa shape index (κ1) is 73.3. The summed E-state index contributed by atoms with van der Waals surface area (Å²) in [5, 5.41) is 5.31. The van der Waals surface area contributed by atoms with Crippen molar-refractivity contribution in [3.8, 4) is 89.0 Å². The van der Waals surface area contributed by atoms with Gasteiger partial charge in [0.1, 0.15) is 0 Å². The summed E-state index contributed by atoms with van der Waals surface area (Å²) in [6.07, 6.45) is 18.9. The summed E-state index contributed by atoms with van der Waals surface area (Å²) < 4.78 is 0. The van der Waals surface area contributed by atoms with Gasteiger partial charge in [-0.15, -0.1) is 0 Å². The molecule has 0 fully saturated rings. The molecular weight excluding hydrogens is 1270 g/mol. The van der Waals surface area contributed by atoms with Gasteiger partial charge >= 0.3 is 0 Å². The molecular formula is C106H112. The molecule has 16 rings (SSSR count). The summed E-state index contributed by atoms with van der Waals surface area (Å²) >= 11 is 0. The Morgan fingerprint density at radius 1 is 0.226 bits per heavy atom. The Bertz CT molecular complexity index is 5200. The maximum atomic E-state index is 2.61. The fraction of sp³-hybridized carbons (Fsp3) is 0.302. The zero-order valence-corrected chi connectivity index (χ0v) is 65.6. The number of rotatable bonds is 22. The van der Waals surface area contributed by atoms with Crippen LogP contribution in [0.25, 0.3) is 111 Å². The summed E-state index contributed by atoms with van der Waals surface area (Å²) in [5.74, 6) is 1.62. The Hall–Kier alpha value is -9.62. The quantitative estimate of drug-likeness (QED) is 0.0593. The van der Waals surface area contributed by atoms with Gasteiger partial charge in [-0.2, -0.15) is 0 Å². The monoisotopic (exact) mass is 1380 g/mol. The normalized spacial score (nSPS) is 13.7. The van der Waals surface area contributed by atoms with E-state index in [1.54, 1.807) is 11.1 Å². The highest BCUT2D eigenvalue weighted by molar-refractivity contribution is 6.05. The van der Waals surface area contributed by atoms with Crippen LogP contribution in [0.4, 0.5) is 0 Å². The van der Waals surface area contributed by atoms with Crippen LogP contribution in [0.3, 0.4) is 0 Å². The van der Waals surface area contributed by atoms with Gasteiger partial charge in [0.2, 0.25) is 0 Å². The van der Waals surface area contributed by atoms with Gasteiger partial charge in [0.05, 0.1) is 0 Å². The van der Waals surface area contributed by atoms with E-state index in [1.165, 1.54) is 239 Å². The van der Waals surface area contributed by atoms with Crippen LogP contribution in [-0.4, -0.2) is 0 Å². The number of benzene rings is 13. The van der Waals surface area contributed by atoms with E-state index in [0.29, 0.717) is 17.8 Å². The molecule has 0 amide bonds. The van der Waals surface area contributed by atoms with Crippen LogP contribution in [-0.2, 0) is 16.2 Å². The van der Waals surface area contributed by atoms with E-state index in [1.807, 2.05) is 0 Å². The molecule has 13 aromatic rings. The smallest absolute Gasteiger partial charge is 0.0215 e. The zero-order chi connectivity index (χ0) is 73.7. The van der Waals surface area contributed by atoms with Crippen molar-refractivity contribution in [1.82, 2.24) is 0 Å². The minimum atomic E-state index is 0.00976. The van der Waals surface area contributed by atoms with Gasteiger partial charge in [-0.3, -0.25) is 0 Å². The van der Waals surface area contributed by atoms with Crippen LogP contribution in [0.1, 0.15) is 241 Å². The summed E-state index contributed by atoms with van der Waals surface area (Å²) in [6, 6.07) is 103. The van der Waals surface area contributed by atoms with Crippen molar-refractivity contribution in [2.24, 2.45) is 0 Å². The number of unbranched alkanes of at least 4 members (excludes halogenated alkanes) is 10. The third-order valence-electron chi connectivity index (χ3n) is 24.5. The lowest BCUT2D eigenvalue weighted by atomic mass is 9.70. The average Bonchev–Trinajstić information content (AvgIpc) is 1.57. The van der Waals surface area contributed by atoms with Crippen LogP contribution in [0.15, 0.2) is 273 Å². The summed E-state index contributed by atoms with van der Waals surface area (Å²) in [6.45, 7) is 27.8. The van der Waals surface area contributed by atoms with E-state index in [4.69, 9.17) is 0 Å². The van der Waals surface area contributed by atoms with Crippen LogP contribution in [0.5, 0.6) is 0 Å². The minimum Gasteiger partial charge on any atom is -0.0654 e. The first-order valence-electron chi connectivity index (χ1n) is 40.6. The molecule has 3 aliphatic rings. The molecule has 0 aromatic heterocycles. The minimum absolute atomic E-state index is 0.00976. The lowest BCUT2D eigenvalue weighted by molar-refractivity contribution is 0.397. The molecule has 0 bridgehead atoms. The molecule has 0 atom stereocenters. The van der Waals surface area contributed by atoms with Crippen LogP contribution in [0.2, 0.25) is 0 Å². The van der Waals surface area contributed by atoms with E-state index in [2.05, 4.69) is 356 Å². The van der Waals surface area contributed by atoms with Crippen molar-refractivity contribution in [3.05, 3.63) is 323 Å². The van der Waals surface area contributed by atoms with Gasteiger partial charge in [0, 0.05) is 16.2 Å². The third kappa shape index (κ3) is 14.5. The third-order valence-corrected chi connectivity index (χ3v) is 24.5. The molecule has 0 heteroatoms. The molecule has 106 heavy (non-hydrogen) atoms. The van der Waals surface area contributed by atoms with Crippen molar-refractivity contribution in [2.75, 3.05) is 0 Å². The predicted molar refractivity (Wildman–Crippen MR) is 461 cm³/mol. The van der Waals surface area contributed by atoms with Gasteiger partial charge < -0.3 is 0 Å². The van der Waals surface area contributed by atoms with E-state index >= 15 is 0 Å². The summed E-state index contributed by atoms with van der Waals surface area (Å²) in [7, 11) is 0. The maximum absolute atomic E-state index is 2.61. The first-order chi connectivity index (χ1) is 51.5. The maximum Gasteiger partial charge on any atom is 0.0215 e. The number of fused-ring (bicyclic) bond motifs is 11. The van der Waals surface area contributed by atoms with Gasteiger partial charge in [0.15, 0.2) is 0 Å². The molecule has 0 nitrogen and oxygen atoms in total. The second kappa shape index (κ2) is 31.8. The first-order valence-corrected chi connectivity index (χ1v) is 40.6. The largest absolute Gasteiger partial charge is 0.0654 e. The lowest BCUT2D eigenvalue weighted by Gasteiger charge is -2.33. The Morgan fingerprint density at radius 2 is 0.557 bits per heavy atom. The molecule has 0 unspecified atom stereocenters. The van der Waals surface area contributed by atoms with E-state index < -0.39 is 0 Å². The van der Waals surface area contributed by atoms with E-state index in [0.717, 1.165) is 0 Å². The highest BCUT2D eigenvalue weighted by atomic mass is 14.5. The van der Waals surface area contributed by atoms with Gasteiger partial charge in [-0.1, -0.05) is 415 Å². The molecule has 536 valence electrons. The standard InChI is InChI=1S/C38H52.2C34H30/c1-5-7-9-11-13-18-26-38(27-19-14-12-10-8-6-2)36-28-32(30(3)4)22-24-34(36)35-25-23-33(29-37(35)38)31-20-16-15-17-21-31;1-22(2)26-19-20-27(29-10-6-5-9-28(26)29)24-15-13-23(14-16-24)25-17-18-31-30-11-7-8-12-32(30)34(3,4)33(31)21-25;1-22(2)23-13-15-24(16-14-23)26-19-20-27(29-10-6-5-9-28(26)29)25-17-18-31-30-11-7-8-12-32(30)34(3,4)33(31)21-25/h15-17,20-25,28-30H,5-14,18-19,26-27H2,1-4H3;2*5-22H,1-4H3. The van der Waals surface area contributed by atoms with Crippen LogP contribution < -0.4 is 0 Å². The molecule has 0 saturated carbocycles. The second-order valence-electron chi connectivity index (χ2n) is 33.0. The topological polar surface area (TPSA) is 0 Å². The van der Waals surface area contributed by atoms with Gasteiger partial charge in [0.25, 0.3) is 0 Å². The van der Waals surface area contributed by atoms with Crippen LogP contribution >= 0.6 is 0 Å². The van der Waals surface area contributed by atoms with Crippen molar-refractivity contribution >= 4 is 21.5 Å². The van der Waals surface area contributed by atoms with E-state index in [-0.39, 0.29) is 16.2 Å². The fourth-order valence-corrected chi connectivity index (χ4v) is 18.3. The van der Waals surface area contributed by atoms with Crippen molar-refractivity contribution in [3.63, 3.8) is 0 Å². The van der Waals surface area contributed by atoms with Crippen molar-refractivity contribution in [2.45, 2.75) is 207 Å². The highest BCUT2D eigenvalue weighted by Crippen LogP contribution is 2.57. The molecule has 0 heterocycles. The molecule has 0 spiro atoms. The summed E-state index contributed by atoms with van der Waals surface area (Å²) in [4.78, 5) is 0. The van der Waals surface area contributed by atoms with E-state index in [9.17, 15) is 0 Å². The van der Waals surface area contributed by atoms with Crippen molar-refractivity contribution in [1.29, 1.82) is 0 Å².